The molecule has 0 radical (unpaired) electrons. The summed E-state index contributed by atoms with van der Waals surface area (Å²) in [6, 6.07) is 6.77. The van der Waals surface area contributed by atoms with Gasteiger partial charge in [-0.25, -0.2) is 10.0 Å². The van der Waals surface area contributed by atoms with E-state index in [1.165, 1.54) is 19.4 Å². The van der Waals surface area contributed by atoms with Crippen molar-refractivity contribution in [3.8, 4) is 0 Å². The van der Waals surface area contributed by atoms with Crippen molar-refractivity contribution in [2.24, 2.45) is 11.3 Å². The van der Waals surface area contributed by atoms with E-state index in [1.807, 2.05) is 24.3 Å². The van der Waals surface area contributed by atoms with Crippen LogP contribution in [0.3, 0.4) is 0 Å². The van der Waals surface area contributed by atoms with Crippen molar-refractivity contribution < 1.29 is 34.3 Å². The van der Waals surface area contributed by atoms with Gasteiger partial charge < -0.3 is 10.1 Å². The second-order valence-electron chi connectivity index (χ2n) is 8.87. The fourth-order valence-corrected chi connectivity index (χ4v) is 3.89. The molecule has 0 fully saturated rings. The SMILES string of the molecule is CCOC(=O)[C@H](CSC(=O)C(C)(C)CO[N+](=O)O)NC(=O)[C@@H](C)c1ccc(CC(C)C)cc1. The fraction of sp³-hybridized carbons (Fsp3) is 0.609. The number of esters is 1. The van der Waals surface area contributed by atoms with Gasteiger partial charge in [0.1, 0.15) is 10.9 Å². The Hall–Kier alpha value is -2.62. The monoisotopic (exact) mass is 483 g/mol. The van der Waals surface area contributed by atoms with E-state index in [-0.39, 0.29) is 30.0 Å². The third kappa shape index (κ3) is 9.81. The minimum Gasteiger partial charge on any atom is -0.464 e. The molecule has 0 aromatic heterocycles. The van der Waals surface area contributed by atoms with Crippen molar-refractivity contribution in [1.29, 1.82) is 0 Å². The number of benzene rings is 1. The fourth-order valence-electron chi connectivity index (χ4n) is 2.90. The molecule has 1 aromatic carbocycles. The van der Waals surface area contributed by atoms with Gasteiger partial charge in [-0.1, -0.05) is 49.9 Å². The first-order chi connectivity index (χ1) is 15.4. The van der Waals surface area contributed by atoms with Crippen molar-refractivity contribution in [3.05, 3.63) is 40.3 Å². The molecule has 2 N–H and O–H groups in total. The van der Waals surface area contributed by atoms with Gasteiger partial charge in [-0.2, -0.15) is 4.84 Å². The Labute approximate surface area is 199 Å². The van der Waals surface area contributed by atoms with Gasteiger partial charge in [-0.15, -0.1) is 0 Å². The Kier molecular flexibility index (Phi) is 11.3. The lowest BCUT2D eigenvalue weighted by Crippen LogP contribution is -2.45. The number of hydrogen-bond acceptors (Lipinski definition) is 7. The molecule has 0 aliphatic carbocycles. The second-order valence-corrected chi connectivity index (χ2v) is 9.86. The van der Waals surface area contributed by atoms with Gasteiger partial charge >= 0.3 is 11.1 Å². The highest BCUT2D eigenvalue weighted by Crippen LogP contribution is 2.25. The highest BCUT2D eigenvalue weighted by Gasteiger charge is 2.34. The molecule has 1 amide bonds. The standard InChI is InChI=1S/C23H34N2O7S/c1-7-31-21(27)19(13-33-22(28)23(5,6)14-32-25(29)30)24-20(26)16(4)18-10-8-17(9-11-18)12-15(2)3/h8-11,15-16,19H,7,12-14H2,1-6H3,(H-,24,26,29,30)/p+1/t16-,19-/m0/s1. The van der Waals surface area contributed by atoms with Crippen LogP contribution >= 0.6 is 11.8 Å². The van der Waals surface area contributed by atoms with E-state index < -0.39 is 28.4 Å². The molecular weight excluding hydrogens is 448 g/mol. The first-order valence-electron chi connectivity index (χ1n) is 10.9. The van der Waals surface area contributed by atoms with Crippen molar-refractivity contribution in [2.45, 2.75) is 59.9 Å². The molecule has 10 heteroatoms. The summed E-state index contributed by atoms with van der Waals surface area (Å²) in [6.45, 7) is 10.5. The molecule has 33 heavy (non-hydrogen) atoms. The van der Waals surface area contributed by atoms with Crippen LogP contribution in [0.15, 0.2) is 24.3 Å². The molecule has 184 valence electrons. The van der Waals surface area contributed by atoms with Crippen LogP contribution in [0.5, 0.6) is 0 Å². The lowest BCUT2D eigenvalue weighted by atomic mass is 9.96. The Morgan fingerprint density at radius 2 is 1.76 bits per heavy atom. The van der Waals surface area contributed by atoms with Gasteiger partial charge in [0.2, 0.25) is 5.91 Å². The molecular formula is C23H35N2O7S+. The molecule has 0 spiro atoms. The molecule has 0 heterocycles. The molecule has 1 aromatic rings. The van der Waals surface area contributed by atoms with Crippen LogP contribution in [-0.4, -0.2) is 52.3 Å². The maximum atomic E-state index is 12.8. The first kappa shape index (κ1) is 28.4. The third-order valence-corrected chi connectivity index (χ3v) is 6.19. The van der Waals surface area contributed by atoms with Gasteiger partial charge in [0.05, 0.1) is 17.9 Å². The van der Waals surface area contributed by atoms with Crippen LogP contribution in [0.2, 0.25) is 0 Å². The highest BCUT2D eigenvalue weighted by molar-refractivity contribution is 8.13. The normalized spacial score (nSPS) is 13.2. The van der Waals surface area contributed by atoms with Gasteiger partial charge in [0.15, 0.2) is 11.7 Å². The predicted molar refractivity (Wildman–Crippen MR) is 125 cm³/mol. The number of ether oxygens (including phenoxy) is 1. The minimum absolute atomic E-state index is 0.0485. The van der Waals surface area contributed by atoms with Crippen LogP contribution in [0.1, 0.15) is 58.6 Å². The number of nitrogens with one attached hydrogen (secondary N) is 1. The van der Waals surface area contributed by atoms with Crippen LogP contribution in [-0.2, 0) is 30.4 Å². The van der Waals surface area contributed by atoms with Crippen molar-refractivity contribution >= 4 is 28.8 Å². The zero-order chi connectivity index (χ0) is 25.2. The van der Waals surface area contributed by atoms with Crippen LogP contribution in [0, 0.1) is 16.2 Å². The van der Waals surface area contributed by atoms with Crippen molar-refractivity contribution in [2.75, 3.05) is 19.0 Å². The zero-order valence-electron chi connectivity index (χ0n) is 20.1. The van der Waals surface area contributed by atoms with Gasteiger partial charge in [0, 0.05) is 5.75 Å². The number of hydrogen-bond donors (Lipinski definition) is 2. The maximum absolute atomic E-state index is 12.8. The van der Waals surface area contributed by atoms with E-state index in [4.69, 9.17) is 9.94 Å². The van der Waals surface area contributed by atoms with E-state index in [9.17, 15) is 19.3 Å². The molecule has 0 saturated heterocycles. The topological polar surface area (TPSA) is 122 Å². The predicted octanol–water partition coefficient (Wildman–Crippen LogP) is 3.42. The van der Waals surface area contributed by atoms with E-state index >= 15 is 0 Å². The Morgan fingerprint density at radius 1 is 1.15 bits per heavy atom. The van der Waals surface area contributed by atoms with Crippen molar-refractivity contribution in [3.63, 3.8) is 0 Å². The lowest BCUT2D eigenvalue weighted by molar-refractivity contribution is -0.976. The van der Waals surface area contributed by atoms with Gasteiger partial charge in [-0.05, 0) is 51.2 Å². The molecule has 0 aliphatic rings. The molecule has 0 unspecified atom stereocenters. The van der Waals surface area contributed by atoms with Crippen LogP contribution in [0.25, 0.3) is 0 Å². The number of carbonyl (C=O) groups is 3. The number of amides is 1. The van der Waals surface area contributed by atoms with E-state index in [2.05, 4.69) is 24.0 Å². The quantitative estimate of drug-likeness (QED) is 0.323. The average molecular weight is 484 g/mol. The van der Waals surface area contributed by atoms with Crippen LogP contribution < -0.4 is 5.32 Å². The largest absolute Gasteiger partial charge is 0.475 e. The first-order valence-corrected chi connectivity index (χ1v) is 11.9. The number of thioether (sulfide) groups is 1. The van der Waals surface area contributed by atoms with Crippen molar-refractivity contribution in [1.82, 2.24) is 5.32 Å². The summed E-state index contributed by atoms with van der Waals surface area (Å²) < 4.78 is 5.06. The Bertz CT molecular complexity index is 825. The number of nitrogens with zero attached hydrogens (tertiary/aromatic N) is 1. The Morgan fingerprint density at radius 3 is 2.27 bits per heavy atom. The van der Waals surface area contributed by atoms with E-state index in [1.54, 1.807) is 13.8 Å². The summed E-state index contributed by atoms with van der Waals surface area (Å²) in [7, 11) is 0. The van der Waals surface area contributed by atoms with Gasteiger partial charge in [-0.3, -0.25) is 9.59 Å². The van der Waals surface area contributed by atoms with Gasteiger partial charge in [0.25, 0.3) is 0 Å². The molecule has 2 atom stereocenters. The molecule has 1 rings (SSSR count). The third-order valence-electron chi connectivity index (χ3n) is 4.87. The van der Waals surface area contributed by atoms with Crippen LogP contribution in [0.4, 0.5) is 0 Å². The summed E-state index contributed by atoms with van der Waals surface area (Å²) in [5.41, 5.74) is 0.897. The summed E-state index contributed by atoms with van der Waals surface area (Å²) in [6.07, 6.45) is 0.948. The molecule has 0 saturated carbocycles. The molecule has 9 nitrogen and oxygen atoms in total. The number of carbonyl (C=O) groups excluding carboxylic acids is 3. The maximum Gasteiger partial charge on any atom is 0.475 e. The summed E-state index contributed by atoms with van der Waals surface area (Å²) in [5.74, 6) is -1.02. The molecule has 0 bridgehead atoms. The number of rotatable bonds is 13. The lowest BCUT2D eigenvalue weighted by Gasteiger charge is -2.22. The summed E-state index contributed by atoms with van der Waals surface area (Å²) in [5, 5.41) is 10.2. The van der Waals surface area contributed by atoms with E-state index in [0.717, 1.165) is 23.7 Å². The molecule has 0 aliphatic heterocycles. The van der Waals surface area contributed by atoms with E-state index in [0.29, 0.717) is 5.92 Å². The minimum atomic E-state index is -1.11. The smallest absolute Gasteiger partial charge is 0.464 e. The highest BCUT2D eigenvalue weighted by atomic mass is 32.2. The second kappa shape index (κ2) is 13.2. The average Bonchev–Trinajstić information content (AvgIpc) is 2.74. The summed E-state index contributed by atoms with van der Waals surface area (Å²) in [4.78, 5) is 52.7. The summed E-state index contributed by atoms with van der Waals surface area (Å²) >= 11 is 0.818. The Balaban J connectivity index is 2.82. The zero-order valence-corrected chi connectivity index (χ0v) is 20.9.